The van der Waals surface area contributed by atoms with Crippen molar-refractivity contribution in [2.75, 3.05) is 32.0 Å². The van der Waals surface area contributed by atoms with Crippen molar-refractivity contribution in [3.63, 3.8) is 0 Å². The van der Waals surface area contributed by atoms with Gasteiger partial charge in [-0.05, 0) is 25.1 Å². The molecule has 0 heterocycles. The van der Waals surface area contributed by atoms with Gasteiger partial charge in [0.15, 0.2) is 0 Å². The van der Waals surface area contributed by atoms with Gasteiger partial charge in [0.2, 0.25) is 5.91 Å². The number of carbonyl (C=O) groups is 1. The first kappa shape index (κ1) is 18.7. The number of anilines is 2. The van der Waals surface area contributed by atoms with Crippen molar-refractivity contribution in [3.8, 4) is 17.2 Å². The average Bonchev–Trinajstić information content (AvgIpc) is 2.62. The summed E-state index contributed by atoms with van der Waals surface area (Å²) >= 11 is 6.15. The lowest BCUT2D eigenvalue weighted by molar-refractivity contribution is -0.116. The van der Waals surface area contributed by atoms with Gasteiger partial charge in [-0.15, -0.1) is 0 Å². The number of halogens is 1. The molecule has 7 heteroatoms. The van der Waals surface area contributed by atoms with Crippen molar-refractivity contribution in [3.05, 3.63) is 41.4 Å². The molecule has 0 radical (unpaired) electrons. The van der Waals surface area contributed by atoms with Crippen LogP contribution in [0.5, 0.6) is 17.2 Å². The molecule has 0 aromatic heterocycles. The monoisotopic (exact) mass is 364 g/mol. The van der Waals surface area contributed by atoms with E-state index in [1.165, 1.54) is 14.2 Å². The van der Waals surface area contributed by atoms with Gasteiger partial charge in [0, 0.05) is 6.07 Å². The Hall–Kier alpha value is -2.60. The molecule has 0 saturated carbocycles. The van der Waals surface area contributed by atoms with E-state index in [1.807, 2.05) is 12.1 Å². The van der Waals surface area contributed by atoms with E-state index in [0.29, 0.717) is 33.6 Å². The van der Waals surface area contributed by atoms with Gasteiger partial charge in [-0.2, -0.15) is 0 Å². The Kier molecular flexibility index (Phi) is 6.36. The van der Waals surface area contributed by atoms with Gasteiger partial charge in [-0.3, -0.25) is 4.79 Å². The second-order valence-corrected chi connectivity index (χ2v) is 5.65. The number of carbonyl (C=O) groups excluding carboxylic acids is 1. The van der Waals surface area contributed by atoms with Gasteiger partial charge < -0.3 is 24.8 Å². The van der Waals surface area contributed by atoms with E-state index in [2.05, 4.69) is 10.6 Å². The van der Waals surface area contributed by atoms with Crippen molar-refractivity contribution >= 4 is 28.9 Å². The maximum absolute atomic E-state index is 12.5. The topological polar surface area (TPSA) is 68.8 Å². The second kappa shape index (κ2) is 8.48. The first-order valence-corrected chi connectivity index (χ1v) is 7.99. The summed E-state index contributed by atoms with van der Waals surface area (Å²) < 4.78 is 15.7. The Morgan fingerprint density at radius 1 is 0.960 bits per heavy atom. The molecule has 134 valence electrons. The van der Waals surface area contributed by atoms with Crippen LogP contribution < -0.4 is 24.8 Å². The maximum atomic E-state index is 12.5. The predicted molar refractivity (Wildman–Crippen MR) is 99.3 cm³/mol. The zero-order chi connectivity index (χ0) is 18.4. The molecule has 2 N–H and O–H groups in total. The molecule has 1 amide bonds. The van der Waals surface area contributed by atoms with Crippen LogP contribution in [-0.2, 0) is 4.79 Å². The maximum Gasteiger partial charge on any atom is 0.246 e. The molecule has 1 atom stereocenters. The molecule has 0 spiro atoms. The summed E-state index contributed by atoms with van der Waals surface area (Å²) in [5.41, 5.74) is 1.19. The first-order valence-electron chi connectivity index (χ1n) is 7.62. The van der Waals surface area contributed by atoms with Crippen LogP contribution in [-0.4, -0.2) is 33.3 Å². The Morgan fingerprint density at radius 3 is 2.24 bits per heavy atom. The minimum absolute atomic E-state index is 0.224. The highest BCUT2D eigenvalue weighted by Gasteiger charge is 2.18. The van der Waals surface area contributed by atoms with E-state index in [-0.39, 0.29) is 5.91 Å². The molecule has 0 aliphatic rings. The number of para-hydroxylation sites is 2. The molecule has 2 aromatic carbocycles. The summed E-state index contributed by atoms with van der Waals surface area (Å²) in [6.45, 7) is 1.74. The SMILES string of the molecule is COc1cc(OC)c(N[C@H](C)C(=O)Nc2ccccc2OC)cc1Cl. The summed E-state index contributed by atoms with van der Waals surface area (Å²) in [7, 11) is 4.61. The van der Waals surface area contributed by atoms with E-state index < -0.39 is 6.04 Å². The lowest BCUT2D eigenvalue weighted by Crippen LogP contribution is -2.32. The molecule has 2 rings (SSSR count). The zero-order valence-electron chi connectivity index (χ0n) is 14.6. The lowest BCUT2D eigenvalue weighted by atomic mass is 10.2. The number of amides is 1. The molecule has 0 unspecified atom stereocenters. The van der Waals surface area contributed by atoms with Crippen LogP contribution in [0.2, 0.25) is 5.02 Å². The quantitative estimate of drug-likeness (QED) is 0.782. The molecular formula is C18H21ClN2O4. The number of benzene rings is 2. The second-order valence-electron chi connectivity index (χ2n) is 5.24. The number of hydrogen-bond acceptors (Lipinski definition) is 5. The number of rotatable bonds is 7. The average molecular weight is 365 g/mol. The van der Waals surface area contributed by atoms with E-state index in [9.17, 15) is 4.79 Å². The van der Waals surface area contributed by atoms with Crippen molar-refractivity contribution < 1.29 is 19.0 Å². The van der Waals surface area contributed by atoms with E-state index >= 15 is 0 Å². The number of hydrogen-bond donors (Lipinski definition) is 2. The van der Waals surface area contributed by atoms with Crippen LogP contribution in [0.25, 0.3) is 0 Å². The molecule has 0 aliphatic heterocycles. The summed E-state index contributed by atoms with van der Waals surface area (Å²) in [4.78, 5) is 12.5. The third-order valence-corrected chi connectivity index (χ3v) is 3.90. The van der Waals surface area contributed by atoms with E-state index in [1.54, 1.807) is 38.3 Å². The highest BCUT2D eigenvalue weighted by molar-refractivity contribution is 6.32. The Balaban J connectivity index is 2.15. The molecule has 6 nitrogen and oxygen atoms in total. The molecular weight excluding hydrogens is 344 g/mol. The van der Waals surface area contributed by atoms with Gasteiger partial charge in [-0.1, -0.05) is 23.7 Å². The Labute approximate surface area is 152 Å². The first-order chi connectivity index (χ1) is 12.0. The fourth-order valence-electron chi connectivity index (χ4n) is 2.26. The molecule has 2 aromatic rings. The van der Waals surface area contributed by atoms with E-state index in [0.717, 1.165) is 0 Å². The van der Waals surface area contributed by atoms with Gasteiger partial charge >= 0.3 is 0 Å². The molecule has 0 fully saturated rings. The Morgan fingerprint density at radius 2 is 1.60 bits per heavy atom. The van der Waals surface area contributed by atoms with Crippen LogP contribution in [0.15, 0.2) is 36.4 Å². The van der Waals surface area contributed by atoms with Crippen molar-refractivity contribution in [2.24, 2.45) is 0 Å². The fourth-order valence-corrected chi connectivity index (χ4v) is 2.50. The van der Waals surface area contributed by atoms with Crippen LogP contribution in [0.4, 0.5) is 11.4 Å². The smallest absolute Gasteiger partial charge is 0.246 e. The summed E-state index contributed by atoms with van der Waals surface area (Å²) in [5, 5.41) is 6.34. The largest absolute Gasteiger partial charge is 0.495 e. The number of ether oxygens (including phenoxy) is 3. The third-order valence-electron chi connectivity index (χ3n) is 3.60. The molecule has 0 bridgehead atoms. The summed E-state index contributed by atoms with van der Waals surface area (Å²) in [6.07, 6.45) is 0. The van der Waals surface area contributed by atoms with E-state index in [4.69, 9.17) is 25.8 Å². The van der Waals surface area contributed by atoms with Crippen molar-refractivity contribution in [1.29, 1.82) is 0 Å². The lowest BCUT2D eigenvalue weighted by Gasteiger charge is -2.19. The number of nitrogens with one attached hydrogen (secondary N) is 2. The predicted octanol–water partition coefficient (Wildman–Crippen LogP) is 3.80. The molecule has 0 saturated heterocycles. The summed E-state index contributed by atoms with van der Waals surface area (Å²) in [6, 6.07) is 9.99. The van der Waals surface area contributed by atoms with Crippen LogP contribution in [0.1, 0.15) is 6.92 Å². The standard InChI is InChI=1S/C18H21ClN2O4/c1-11(18(22)21-13-7-5-6-8-15(13)23-2)20-14-9-12(19)16(24-3)10-17(14)25-4/h5-11,20H,1-4H3,(H,21,22)/t11-/m1/s1. The Bertz CT molecular complexity index is 752. The highest BCUT2D eigenvalue weighted by Crippen LogP contribution is 2.36. The molecule has 25 heavy (non-hydrogen) atoms. The van der Waals surface area contributed by atoms with Crippen LogP contribution in [0.3, 0.4) is 0 Å². The van der Waals surface area contributed by atoms with Crippen LogP contribution >= 0.6 is 11.6 Å². The molecule has 0 aliphatic carbocycles. The van der Waals surface area contributed by atoms with Gasteiger partial charge in [0.05, 0.1) is 37.7 Å². The van der Waals surface area contributed by atoms with Crippen molar-refractivity contribution in [2.45, 2.75) is 13.0 Å². The number of methoxy groups -OCH3 is 3. The van der Waals surface area contributed by atoms with Crippen LogP contribution in [0, 0.1) is 0 Å². The van der Waals surface area contributed by atoms with Gasteiger partial charge in [-0.25, -0.2) is 0 Å². The normalized spacial score (nSPS) is 11.4. The van der Waals surface area contributed by atoms with Gasteiger partial charge in [0.25, 0.3) is 0 Å². The highest BCUT2D eigenvalue weighted by atomic mass is 35.5. The minimum atomic E-state index is -0.539. The minimum Gasteiger partial charge on any atom is -0.495 e. The fraction of sp³-hybridized carbons (Fsp3) is 0.278. The zero-order valence-corrected chi connectivity index (χ0v) is 15.3. The van der Waals surface area contributed by atoms with Gasteiger partial charge in [0.1, 0.15) is 23.3 Å². The summed E-state index contributed by atoms with van der Waals surface area (Å²) in [5.74, 6) is 1.39. The van der Waals surface area contributed by atoms with Crippen molar-refractivity contribution in [1.82, 2.24) is 0 Å². The third kappa shape index (κ3) is 4.48.